The second-order valence-electron chi connectivity index (χ2n) is 5.17. The number of hydrogen-bond donors (Lipinski definition) is 1. The molecule has 0 atom stereocenters. The molecule has 0 spiro atoms. The highest BCUT2D eigenvalue weighted by molar-refractivity contribution is 5.87. The summed E-state index contributed by atoms with van der Waals surface area (Å²) in [5.74, 6) is -0.952. The Balaban J connectivity index is 1.86. The van der Waals surface area contributed by atoms with Gasteiger partial charge in [-0.2, -0.15) is 0 Å². The maximum absolute atomic E-state index is 11.0. The highest BCUT2D eigenvalue weighted by atomic mass is 16.4. The average molecular weight is 292 g/mol. The number of carbonyl (C=O) groups is 1. The number of aromatic nitrogens is 4. The molecule has 1 N–H and O–H groups in total. The molecule has 0 bridgehead atoms. The summed E-state index contributed by atoms with van der Waals surface area (Å²) in [4.78, 5) is 19.9. The lowest BCUT2D eigenvalue weighted by atomic mass is 10.1. The number of carboxylic acids is 1. The zero-order chi connectivity index (χ0) is 15.3. The SMILES string of the molecule is Cn1cnc2cc(-c3cn4cc(C(=O)O)ccc4n3)ccc21. The van der Waals surface area contributed by atoms with Crippen LogP contribution in [0.5, 0.6) is 0 Å². The molecule has 0 saturated heterocycles. The van der Waals surface area contributed by atoms with Crippen LogP contribution in [0.4, 0.5) is 0 Å². The van der Waals surface area contributed by atoms with Gasteiger partial charge in [0.1, 0.15) is 5.65 Å². The van der Waals surface area contributed by atoms with E-state index in [1.54, 1.807) is 29.1 Å². The van der Waals surface area contributed by atoms with Gasteiger partial charge < -0.3 is 14.1 Å². The maximum Gasteiger partial charge on any atom is 0.337 e. The summed E-state index contributed by atoms with van der Waals surface area (Å²) in [6.07, 6.45) is 5.16. The molecule has 3 aromatic heterocycles. The summed E-state index contributed by atoms with van der Waals surface area (Å²) < 4.78 is 3.68. The minimum atomic E-state index is -0.952. The Labute approximate surface area is 125 Å². The number of nitrogens with zero attached hydrogens (tertiary/aromatic N) is 4. The molecule has 108 valence electrons. The van der Waals surface area contributed by atoms with E-state index in [0.717, 1.165) is 22.3 Å². The second-order valence-corrected chi connectivity index (χ2v) is 5.17. The Bertz CT molecular complexity index is 1030. The molecule has 0 fully saturated rings. The van der Waals surface area contributed by atoms with E-state index in [1.165, 1.54) is 0 Å². The van der Waals surface area contributed by atoms with E-state index in [2.05, 4.69) is 9.97 Å². The fourth-order valence-corrected chi connectivity index (χ4v) is 2.55. The van der Waals surface area contributed by atoms with Crippen molar-refractivity contribution >= 4 is 22.6 Å². The van der Waals surface area contributed by atoms with Gasteiger partial charge in [0.2, 0.25) is 0 Å². The van der Waals surface area contributed by atoms with Gasteiger partial charge in [-0.1, -0.05) is 6.07 Å². The predicted octanol–water partition coefficient (Wildman–Crippen LogP) is 2.59. The third kappa shape index (κ3) is 1.85. The van der Waals surface area contributed by atoms with Crippen LogP contribution in [-0.2, 0) is 7.05 Å². The van der Waals surface area contributed by atoms with Crippen molar-refractivity contribution in [1.82, 2.24) is 18.9 Å². The first-order valence-electron chi connectivity index (χ1n) is 6.75. The number of aryl methyl sites for hydroxylation is 1. The van der Waals surface area contributed by atoms with Gasteiger partial charge in [-0.15, -0.1) is 0 Å². The van der Waals surface area contributed by atoms with E-state index in [9.17, 15) is 4.79 Å². The minimum absolute atomic E-state index is 0.233. The minimum Gasteiger partial charge on any atom is -0.478 e. The Morgan fingerprint density at radius 2 is 2.05 bits per heavy atom. The van der Waals surface area contributed by atoms with E-state index < -0.39 is 5.97 Å². The third-order valence-electron chi connectivity index (χ3n) is 3.72. The van der Waals surface area contributed by atoms with E-state index in [0.29, 0.717) is 5.65 Å². The van der Waals surface area contributed by atoms with Crippen molar-refractivity contribution < 1.29 is 9.90 Å². The smallest absolute Gasteiger partial charge is 0.337 e. The first-order chi connectivity index (χ1) is 10.6. The topological polar surface area (TPSA) is 72.4 Å². The molecular formula is C16H12N4O2. The van der Waals surface area contributed by atoms with E-state index >= 15 is 0 Å². The number of carboxylic acid groups (broad SMARTS) is 1. The lowest BCUT2D eigenvalue weighted by molar-refractivity contribution is 0.0696. The van der Waals surface area contributed by atoms with Crippen LogP contribution in [0, 0.1) is 0 Å². The molecule has 0 amide bonds. The molecule has 1 aromatic carbocycles. The van der Waals surface area contributed by atoms with E-state index in [4.69, 9.17) is 5.11 Å². The normalized spacial score (nSPS) is 11.3. The largest absolute Gasteiger partial charge is 0.478 e. The number of pyridine rings is 1. The fourth-order valence-electron chi connectivity index (χ4n) is 2.55. The molecule has 6 nitrogen and oxygen atoms in total. The molecule has 4 rings (SSSR count). The zero-order valence-electron chi connectivity index (χ0n) is 11.8. The lowest BCUT2D eigenvalue weighted by Gasteiger charge is -1.97. The van der Waals surface area contributed by atoms with Crippen LogP contribution in [0.15, 0.2) is 49.1 Å². The Morgan fingerprint density at radius 3 is 2.86 bits per heavy atom. The Kier molecular flexibility index (Phi) is 2.53. The summed E-state index contributed by atoms with van der Waals surface area (Å²) in [5, 5.41) is 9.04. The zero-order valence-corrected chi connectivity index (χ0v) is 11.8. The molecule has 0 unspecified atom stereocenters. The molecular weight excluding hydrogens is 280 g/mol. The van der Waals surface area contributed by atoms with Crippen molar-refractivity contribution in [1.29, 1.82) is 0 Å². The Hall–Kier alpha value is -3.15. The van der Waals surface area contributed by atoms with Crippen molar-refractivity contribution in [2.24, 2.45) is 7.05 Å². The van der Waals surface area contributed by atoms with E-state index in [1.807, 2.05) is 36.0 Å². The summed E-state index contributed by atoms with van der Waals surface area (Å²) in [7, 11) is 1.95. The number of fused-ring (bicyclic) bond motifs is 2. The van der Waals surface area contributed by atoms with Gasteiger partial charge in [-0.05, 0) is 24.3 Å². The van der Waals surface area contributed by atoms with Crippen LogP contribution in [-0.4, -0.2) is 30.0 Å². The van der Waals surface area contributed by atoms with Crippen molar-refractivity contribution in [2.45, 2.75) is 0 Å². The van der Waals surface area contributed by atoms with Gasteiger partial charge in [0.25, 0.3) is 0 Å². The van der Waals surface area contributed by atoms with Crippen LogP contribution in [0.1, 0.15) is 10.4 Å². The lowest BCUT2D eigenvalue weighted by Crippen LogP contribution is -1.97. The van der Waals surface area contributed by atoms with Crippen LogP contribution in [0.25, 0.3) is 27.9 Å². The van der Waals surface area contributed by atoms with Crippen LogP contribution < -0.4 is 0 Å². The quantitative estimate of drug-likeness (QED) is 0.616. The number of hydrogen-bond acceptors (Lipinski definition) is 3. The van der Waals surface area contributed by atoms with Crippen molar-refractivity contribution in [3.8, 4) is 11.3 Å². The van der Waals surface area contributed by atoms with Crippen molar-refractivity contribution in [2.75, 3.05) is 0 Å². The van der Waals surface area contributed by atoms with E-state index in [-0.39, 0.29) is 5.56 Å². The van der Waals surface area contributed by atoms with Crippen LogP contribution >= 0.6 is 0 Å². The molecule has 6 heteroatoms. The number of aromatic carboxylic acids is 1. The maximum atomic E-state index is 11.0. The van der Waals surface area contributed by atoms with Crippen molar-refractivity contribution in [3.05, 3.63) is 54.6 Å². The van der Waals surface area contributed by atoms with Gasteiger partial charge in [0.15, 0.2) is 0 Å². The average Bonchev–Trinajstić information content (AvgIpc) is 3.10. The number of imidazole rings is 2. The molecule has 22 heavy (non-hydrogen) atoms. The summed E-state index contributed by atoms with van der Waals surface area (Å²) in [5.41, 5.74) is 4.64. The molecule has 4 aromatic rings. The summed E-state index contributed by atoms with van der Waals surface area (Å²) in [6, 6.07) is 9.23. The van der Waals surface area contributed by atoms with Gasteiger partial charge in [-0.3, -0.25) is 0 Å². The molecule has 0 saturated carbocycles. The van der Waals surface area contributed by atoms with Crippen LogP contribution in [0.3, 0.4) is 0 Å². The van der Waals surface area contributed by atoms with Gasteiger partial charge in [0, 0.05) is 25.0 Å². The number of benzene rings is 1. The number of rotatable bonds is 2. The summed E-state index contributed by atoms with van der Waals surface area (Å²) >= 11 is 0. The molecule has 0 aliphatic rings. The monoisotopic (exact) mass is 292 g/mol. The summed E-state index contributed by atoms with van der Waals surface area (Å²) in [6.45, 7) is 0. The first-order valence-corrected chi connectivity index (χ1v) is 6.75. The predicted molar refractivity (Wildman–Crippen MR) is 81.9 cm³/mol. The van der Waals surface area contributed by atoms with Crippen molar-refractivity contribution in [3.63, 3.8) is 0 Å². The molecule has 3 heterocycles. The molecule has 0 aliphatic carbocycles. The second kappa shape index (κ2) is 4.42. The first kappa shape index (κ1) is 12.6. The van der Waals surface area contributed by atoms with Gasteiger partial charge in [-0.25, -0.2) is 14.8 Å². The fraction of sp³-hybridized carbons (Fsp3) is 0.0625. The highest BCUT2D eigenvalue weighted by Gasteiger charge is 2.09. The molecule has 0 radical (unpaired) electrons. The van der Waals surface area contributed by atoms with Gasteiger partial charge >= 0.3 is 5.97 Å². The molecule has 0 aliphatic heterocycles. The third-order valence-corrected chi connectivity index (χ3v) is 3.72. The standard InChI is InChI=1S/C16H12N4O2/c1-19-9-17-12-6-10(2-4-14(12)19)13-8-20-7-11(16(21)22)3-5-15(20)18-13/h2-9H,1H3,(H,21,22). The Morgan fingerprint density at radius 1 is 1.18 bits per heavy atom. The van der Waals surface area contributed by atoms with Gasteiger partial charge in [0.05, 0.1) is 28.6 Å². The highest BCUT2D eigenvalue weighted by Crippen LogP contribution is 2.23. The van der Waals surface area contributed by atoms with Crippen LogP contribution in [0.2, 0.25) is 0 Å².